The number of hydrogen-bond acceptors (Lipinski definition) is 4. The summed E-state index contributed by atoms with van der Waals surface area (Å²) in [5.74, 6) is 1.05. The molecule has 6 heteroatoms. The highest BCUT2D eigenvalue weighted by atomic mass is 32.2. The summed E-state index contributed by atoms with van der Waals surface area (Å²) in [5, 5.41) is 6.88. The number of carbonyl (C=O) groups is 1. The predicted octanol–water partition coefficient (Wildman–Crippen LogP) is 2.79. The van der Waals surface area contributed by atoms with Gasteiger partial charge in [-0.25, -0.2) is 9.78 Å². The van der Waals surface area contributed by atoms with Crippen molar-refractivity contribution in [1.82, 2.24) is 15.2 Å². The van der Waals surface area contributed by atoms with Gasteiger partial charge in [-0.05, 0) is 12.8 Å². The Bertz CT molecular complexity index is 436. The van der Waals surface area contributed by atoms with Crippen LogP contribution < -0.4 is 5.32 Å². The zero-order chi connectivity index (χ0) is 14.4. The van der Waals surface area contributed by atoms with E-state index in [1.54, 1.807) is 11.3 Å². The van der Waals surface area contributed by atoms with Crippen LogP contribution in [0.25, 0.3) is 0 Å². The number of aryl methyl sites for hydroxylation is 1. The van der Waals surface area contributed by atoms with Gasteiger partial charge in [-0.15, -0.1) is 11.3 Å². The maximum Gasteiger partial charge on any atom is 0.317 e. The van der Waals surface area contributed by atoms with Crippen molar-refractivity contribution < 1.29 is 4.79 Å². The van der Waals surface area contributed by atoms with Gasteiger partial charge < -0.3 is 10.2 Å². The first-order valence-corrected chi connectivity index (χ1v) is 9.23. The second-order valence-electron chi connectivity index (χ2n) is 4.92. The molecule has 4 nitrogen and oxygen atoms in total. The van der Waals surface area contributed by atoms with E-state index in [0.717, 1.165) is 43.8 Å². The molecule has 0 aromatic carbocycles. The number of carbonyl (C=O) groups excluding carboxylic acids is 1. The Morgan fingerprint density at radius 2 is 2.40 bits per heavy atom. The van der Waals surface area contributed by atoms with Gasteiger partial charge >= 0.3 is 6.03 Å². The fourth-order valence-electron chi connectivity index (χ4n) is 2.19. The van der Waals surface area contributed by atoms with Crippen LogP contribution in [0.3, 0.4) is 0 Å². The summed E-state index contributed by atoms with van der Waals surface area (Å²) >= 11 is 3.68. The summed E-state index contributed by atoms with van der Waals surface area (Å²) in [5.41, 5.74) is 1.09. The van der Waals surface area contributed by atoms with Gasteiger partial charge in [0.2, 0.25) is 0 Å². The van der Waals surface area contributed by atoms with Crippen molar-refractivity contribution >= 4 is 29.1 Å². The van der Waals surface area contributed by atoms with E-state index in [4.69, 9.17) is 0 Å². The summed E-state index contributed by atoms with van der Waals surface area (Å²) < 4.78 is 0. The number of urea groups is 1. The molecule has 1 atom stereocenters. The molecule has 1 aromatic rings. The van der Waals surface area contributed by atoms with Gasteiger partial charge in [-0.3, -0.25) is 0 Å². The maximum absolute atomic E-state index is 12.1. The zero-order valence-electron chi connectivity index (χ0n) is 12.2. The van der Waals surface area contributed by atoms with E-state index in [1.165, 1.54) is 5.01 Å². The van der Waals surface area contributed by atoms with E-state index in [0.29, 0.717) is 11.8 Å². The standard InChI is InChI=1S/C14H23N3OS2/c1-3-12-9-17(7-8-19-12)14(18)15-6-5-11-10-20-13(4-2)16-11/h10,12H,3-9H2,1-2H3,(H,15,18)/t12-/m1/s1. The molecule has 1 N–H and O–H groups in total. The highest BCUT2D eigenvalue weighted by Gasteiger charge is 2.22. The Hall–Kier alpha value is -0.750. The molecule has 0 unspecified atom stereocenters. The van der Waals surface area contributed by atoms with Crippen LogP contribution in [0.2, 0.25) is 0 Å². The van der Waals surface area contributed by atoms with Crippen LogP contribution in [-0.4, -0.2) is 46.6 Å². The van der Waals surface area contributed by atoms with Crippen molar-refractivity contribution in [1.29, 1.82) is 0 Å². The van der Waals surface area contributed by atoms with Gasteiger partial charge in [-0.1, -0.05) is 13.8 Å². The number of nitrogens with zero attached hydrogens (tertiary/aromatic N) is 2. The van der Waals surface area contributed by atoms with E-state index in [1.807, 2.05) is 16.7 Å². The topological polar surface area (TPSA) is 45.2 Å². The number of aromatic nitrogens is 1. The first-order chi connectivity index (χ1) is 9.72. The summed E-state index contributed by atoms with van der Waals surface area (Å²) in [6.45, 7) is 6.72. The van der Waals surface area contributed by atoms with E-state index < -0.39 is 0 Å². The molecule has 2 amide bonds. The monoisotopic (exact) mass is 313 g/mol. The Balaban J connectivity index is 1.71. The lowest BCUT2D eigenvalue weighted by atomic mass is 10.3. The van der Waals surface area contributed by atoms with Gasteiger partial charge in [0.15, 0.2) is 0 Å². The molecule has 2 heterocycles. The van der Waals surface area contributed by atoms with Crippen LogP contribution in [0.15, 0.2) is 5.38 Å². The summed E-state index contributed by atoms with van der Waals surface area (Å²) in [6.07, 6.45) is 2.94. The van der Waals surface area contributed by atoms with Gasteiger partial charge in [0.25, 0.3) is 0 Å². The number of hydrogen-bond donors (Lipinski definition) is 1. The smallest absolute Gasteiger partial charge is 0.317 e. The lowest BCUT2D eigenvalue weighted by Gasteiger charge is -2.31. The van der Waals surface area contributed by atoms with E-state index in [-0.39, 0.29) is 6.03 Å². The average molecular weight is 313 g/mol. The normalized spacial score (nSPS) is 19.1. The van der Waals surface area contributed by atoms with Crippen molar-refractivity contribution in [2.45, 2.75) is 38.4 Å². The maximum atomic E-state index is 12.1. The molecule has 20 heavy (non-hydrogen) atoms. The van der Waals surface area contributed by atoms with Crippen LogP contribution in [0.1, 0.15) is 31.0 Å². The van der Waals surface area contributed by atoms with Gasteiger partial charge in [0.05, 0.1) is 10.7 Å². The predicted molar refractivity (Wildman–Crippen MR) is 86.7 cm³/mol. The van der Waals surface area contributed by atoms with Gasteiger partial charge in [-0.2, -0.15) is 11.8 Å². The van der Waals surface area contributed by atoms with Gasteiger partial charge in [0.1, 0.15) is 0 Å². The highest BCUT2D eigenvalue weighted by molar-refractivity contribution is 8.00. The second-order valence-corrected chi connectivity index (χ2v) is 7.27. The first kappa shape index (κ1) is 15.6. The van der Waals surface area contributed by atoms with E-state index in [2.05, 4.69) is 29.5 Å². The van der Waals surface area contributed by atoms with Crippen molar-refractivity contribution in [2.24, 2.45) is 0 Å². The Labute approximate surface area is 129 Å². The van der Waals surface area contributed by atoms with Crippen molar-refractivity contribution in [3.8, 4) is 0 Å². The third-order valence-corrected chi connectivity index (χ3v) is 5.85. The van der Waals surface area contributed by atoms with Crippen LogP contribution in [0.5, 0.6) is 0 Å². The quantitative estimate of drug-likeness (QED) is 0.909. The second kappa shape index (κ2) is 7.88. The fourth-order valence-corrected chi connectivity index (χ4v) is 4.15. The molecule has 0 bridgehead atoms. The molecule has 1 aliphatic rings. The van der Waals surface area contributed by atoms with Crippen molar-refractivity contribution in [3.63, 3.8) is 0 Å². The molecule has 112 valence electrons. The van der Waals surface area contributed by atoms with Crippen molar-refractivity contribution in [3.05, 3.63) is 16.1 Å². The number of nitrogens with one attached hydrogen (secondary N) is 1. The SMILES string of the molecule is CCc1nc(CCNC(=O)N2CCS[C@H](CC)C2)cs1. The van der Waals surface area contributed by atoms with Crippen LogP contribution in [0, 0.1) is 0 Å². The number of amides is 2. The summed E-state index contributed by atoms with van der Waals surface area (Å²) in [4.78, 5) is 18.6. The van der Waals surface area contributed by atoms with Gasteiger partial charge in [0, 0.05) is 42.4 Å². The molecule has 1 aliphatic heterocycles. The van der Waals surface area contributed by atoms with E-state index >= 15 is 0 Å². The number of thiazole rings is 1. The Morgan fingerprint density at radius 1 is 1.55 bits per heavy atom. The van der Waals surface area contributed by atoms with Crippen LogP contribution in [-0.2, 0) is 12.8 Å². The molecule has 0 aliphatic carbocycles. The first-order valence-electron chi connectivity index (χ1n) is 7.30. The van der Waals surface area contributed by atoms with E-state index in [9.17, 15) is 4.79 Å². The third kappa shape index (κ3) is 4.38. The Morgan fingerprint density at radius 3 is 3.10 bits per heavy atom. The lowest BCUT2D eigenvalue weighted by molar-refractivity contribution is 0.199. The van der Waals surface area contributed by atoms with Crippen LogP contribution >= 0.6 is 23.1 Å². The minimum absolute atomic E-state index is 0.0784. The average Bonchev–Trinajstić information content (AvgIpc) is 2.95. The molecule has 0 radical (unpaired) electrons. The molecule has 0 saturated carbocycles. The minimum Gasteiger partial charge on any atom is -0.338 e. The third-order valence-electron chi connectivity index (χ3n) is 3.44. The molecular formula is C14H23N3OS2. The summed E-state index contributed by atoms with van der Waals surface area (Å²) in [6, 6.07) is 0.0784. The number of thioether (sulfide) groups is 1. The largest absolute Gasteiger partial charge is 0.338 e. The van der Waals surface area contributed by atoms with Crippen LogP contribution in [0.4, 0.5) is 4.79 Å². The molecule has 1 saturated heterocycles. The van der Waals surface area contributed by atoms with Crippen molar-refractivity contribution in [2.75, 3.05) is 25.4 Å². The fraction of sp³-hybridized carbons (Fsp3) is 0.714. The minimum atomic E-state index is 0.0784. The molecule has 1 fully saturated rings. The number of rotatable bonds is 5. The molecule has 0 spiro atoms. The Kier molecular flexibility index (Phi) is 6.16. The molecule has 1 aromatic heterocycles. The highest BCUT2D eigenvalue weighted by Crippen LogP contribution is 2.20. The lowest BCUT2D eigenvalue weighted by Crippen LogP contribution is -2.47. The molecular weight excluding hydrogens is 290 g/mol. The summed E-state index contributed by atoms with van der Waals surface area (Å²) in [7, 11) is 0. The molecule has 2 rings (SSSR count). The zero-order valence-corrected chi connectivity index (χ0v) is 13.9.